The highest BCUT2D eigenvalue weighted by molar-refractivity contribution is 5.97. The Hall–Kier alpha value is -2.31. The molecule has 2 rings (SSSR count). The molecule has 6 nitrogen and oxygen atoms in total. The van der Waals surface area contributed by atoms with Crippen molar-refractivity contribution in [2.75, 3.05) is 13.7 Å². The number of aromatic hydroxyl groups is 1. The van der Waals surface area contributed by atoms with E-state index in [0.29, 0.717) is 11.3 Å². The number of benzene rings is 1. The minimum atomic E-state index is -1.03. The Morgan fingerprint density at radius 1 is 1.28 bits per heavy atom. The van der Waals surface area contributed by atoms with E-state index in [1.54, 1.807) is 24.3 Å². The molecule has 0 unspecified atom stereocenters. The Bertz CT molecular complexity index is 689. The molecule has 2 atom stereocenters. The maximum atomic E-state index is 12.5. The molecule has 0 radical (unpaired) electrons. The molecule has 0 saturated heterocycles. The number of hydrogen-bond donors (Lipinski definition) is 3. The second-order valence-corrected chi connectivity index (χ2v) is 6.73. The van der Waals surface area contributed by atoms with Crippen molar-refractivity contribution in [2.24, 2.45) is 5.41 Å². The predicted molar refractivity (Wildman–Crippen MR) is 93.5 cm³/mol. The number of esters is 1. The Kier molecular flexibility index (Phi) is 5.87. The van der Waals surface area contributed by atoms with E-state index in [1.807, 2.05) is 13.8 Å². The van der Waals surface area contributed by atoms with Crippen molar-refractivity contribution in [2.45, 2.75) is 32.5 Å². The van der Waals surface area contributed by atoms with E-state index in [1.165, 1.54) is 19.3 Å². The molecule has 0 fully saturated rings. The van der Waals surface area contributed by atoms with Crippen molar-refractivity contribution in [3.05, 3.63) is 41.5 Å². The topological polar surface area (TPSA) is 96.2 Å². The summed E-state index contributed by atoms with van der Waals surface area (Å²) in [4.78, 5) is 12.5. The molecule has 136 valence electrons. The molecule has 1 aliphatic rings. The summed E-state index contributed by atoms with van der Waals surface area (Å²) < 4.78 is 10.5. The van der Waals surface area contributed by atoms with Gasteiger partial charge in [-0.1, -0.05) is 38.2 Å². The van der Waals surface area contributed by atoms with E-state index in [4.69, 9.17) is 9.47 Å². The van der Waals surface area contributed by atoms with Crippen molar-refractivity contribution < 1.29 is 29.6 Å². The number of rotatable bonds is 1. The molecule has 1 heterocycles. The Morgan fingerprint density at radius 2 is 2.00 bits per heavy atom. The lowest BCUT2D eigenvalue weighted by atomic mass is 9.93. The van der Waals surface area contributed by atoms with Crippen LogP contribution in [0.15, 0.2) is 30.4 Å². The smallest absolute Gasteiger partial charge is 0.342 e. The molecule has 1 aromatic rings. The van der Waals surface area contributed by atoms with Gasteiger partial charge in [0, 0.05) is 11.5 Å². The maximum absolute atomic E-state index is 12.5. The summed E-state index contributed by atoms with van der Waals surface area (Å²) in [7, 11) is 1.46. The van der Waals surface area contributed by atoms with Crippen LogP contribution in [0.4, 0.5) is 0 Å². The van der Waals surface area contributed by atoms with E-state index >= 15 is 0 Å². The molecular formula is C19H24O6. The Morgan fingerprint density at radius 3 is 2.68 bits per heavy atom. The molecule has 0 saturated carbocycles. The number of ether oxygens (including phenoxy) is 2. The minimum absolute atomic E-state index is 0.0334. The third-order valence-corrected chi connectivity index (χ3v) is 3.95. The molecule has 0 aliphatic carbocycles. The molecular weight excluding hydrogens is 324 g/mol. The maximum Gasteiger partial charge on any atom is 0.342 e. The van der Waals surface area contributed by atoms with Crippen LogP contribution in [0.25, 0.3) is 6.08 Å². The Balaban J connectivity index is 2.47. The van der Waals surface area contributed by atoms with Gasteiger partial charge in [-0.05, 0) is 18.1 Å². The first-order valence-electron chi connectivity index (χ1n) is 8.03. The van der Waals surface area contributed by atoms with Crippen LogP contribution in [0.1, 0.15) is 36.2 Å². The summed E-state index contributed by atoms with van der Waals surface area (Å²) >= 11 is 0. The van der Waals surface area contributed by atoms with Gasteiger partial charge >= 0.3 is 5.97 Å². The Labute approximate surface area is 147 Å². The average molecular weight is 348 g/mol. The standard InChI is InChI=1S/C19H24O6/c1-19(2)8-7-15(21)14(20)6-4-5-12-9-13(24-3)10-16(22)17(12)18(23)25-11-19/h4-5,7-10,14-15,20-22H,6,11H2,1-3H3/b5-4+,8-7-/t14-,15+/m0/s1. The normalized spacial score (nSPS) is 26.2. The SMILES string of the molecule is COc1cc(O)c2c(c1)/C=C/C[C@H](O)[C@H](O)/C=C\C(C)(C)COC2=O. The van der Waals surface area contributed by atoms with E-state index in [-0.39, 0.29) is 24.3 Å². The molecule has 25 heavy (non-hydrogen) atoms. The van der Waals surface area contributed by atoms with Crippen LogP contribution < -0.4 is 4.74 Å². The van der Waals surface area contributed by atoms with Gasteiger partial charge in [0.05, 0.1) is 19.3 Å². The fourth-order valence-corrected chi connectivity index (χ4v) is 2.43. The van der Waals surface area contributed by atoms with Crippen molar-refractivity contribution in [3.8, 4) is 11.5 Å². The molecule has 0 amide bonds. The van der Waals surface area contributed by atoms with Gasteiger partial charge in [-0.25, -0.2) is 4.79 Å². The highest BCUT2D eigenvalue weighted by atomic mass is 16.5. The number of aliphatic hydroxyl groups excluding tert-OH is 2. The number of carbonyl (C=O) groups is 1. The second-order valence-electron chi connectivity index (χ2n) is 6.73. The summed E-state index contributed by atoms with van der Waals surface area (Å²) in [6.07, 6.45) is 4.57. The second kappa shape index (κ2) is 7.72. The van der Waals surface area contributed by atoms with Crippen LogP contribution in [0.3, 0.4) is 0 Å². The van der Waals surface area contributed by atoms with Crippen LogP contribution in [0.5, 0.6) is 11.5 Å². The first-order chi connectivity index (χ1) is 11.7. The van der Waals surface area contributed by atoms with Crippen molar-refractivity contribution in [1.29, 1.82) is 0 Å². The number of fused-ring (bicyclic) bond motifs is 1. The lowest BCUT2D eigenvalue weighted by Gasteiger charge is -2.21. The molecule has 0 bridgehead atoms. The fraction of sp³-hybridized carbons (Fsp3) is 0.421. The van der Waals surface area contributed by atoms with Gasteiger partial charge in [0.1, 0.15) is 23.7 Å². The predicted octanol–water partition coefficient (Wildman–Crippen LogP) is 2.28. The number of phenols is 1. The molecule has 3 N–H and O–H groups in total. The van der Waals surface area contributed by atoms with Gasteiger partial charge in [-0.2, -0.15) is 0 Å². The number of cyclic esters (lactones) is 1. The van der Waals surface area contributed by atoms with Crippen molar-refractivity contribution in [1.82, 2.24) is 0 Å². The summed E-state index contributed by atoms with van der Waals surface area (Å²) in [5.74, 6) is -0.505. The monoisotopic (exact) mass is 348 g/mol. The third kappa shape index (κ3) is 4.84. The fourth-order valence-electron chi connectivity index (χ4n) is 2.43. The number of carbonyl (C=O) groups excluding carboxylic acids is 1. The molecule has 0 spiro atoms. The summed E-state index contributed by atoms with van der Waals surface area (Å²) in [6, 6.07) is 2.94. The van der Waals surface area contributed by atoms with E-state index in [9.17, 15) is 20.1 Å². The average Bonchev–Trinajstić information content (AvgIpc) is 2.57. The van der Waals surface area contributed by atoms with Gasteiger partial charge in [-0.3, -0.25) is 0 Å². The van der Waals surface area contributed by atoms with Gasteiger partial charge in [0.2, 0.25) is 0 Å². The lowest BCUT2D eigenvalue weighted by Crippen LogP contribution is -2.25. The van der Waals surface area contributed by atoms with E-state index < -0.39 is 23.6 Å². The zero-order valence-electron chi connectivity index (χ0n) is 14.6. The third-order valence-electron chi connectivity index (χ3n) is 3.95. The van der Waals surface area contributed by atoms with Crippen LogP contribution in [0.2, 0.25) is 0 Å². The zero-order chi connectivity index (χ0) is 18.6. The lowest BCUT2D eigenvalue weighted by molar-refractivity contribution is 0.0384. The molecule has 6 heteroatoms. The highest BCUT2D eigenvalue weighted by Crippen LogP contribution is 2.31. The van der Waals surface area contributed by atoms with E-state index in [0.717, 1.165) is 0 Å². The van der Waals surface area contributed by atoms with E-state index in [2.05, 4.69) is 0 Å². The van der Waals surface area contributed by atoms with Gasteiger partial charge in [0.25, 0.3) is 0 Å². The number of hydrogen-bond acceptors (Lipinski definition) is 6. The largest absolute Gasteiger partial charge is 0.507 e. The summed E-state index contributed by atoms with van der Waals surface area (Å²) in [5.41, 5.74) is -0.0974. The highest BCUT2D eigenvalue weighted by Gasteiger charge is 2.24. The first kappa shape index (κ1) is 19.0. The first-order valence-corrected chi connectivity index (χ1v) is 8.03. The van der Waals surface area contributed by atoms with Gasteiger partial charge in [-0.15, -0.1) is 0 Å². The number of aliphatic hydroxyl groups is 2. The van der Waals surface area contributed by atoms with Crippen LogP contribution in [-0.2, 0) is 4.74 Å². The number of methoxy groups -OCH3 is 1. The van der Waals surface area contributed by atoms with Crippen LogP contribution >= 0.6 is 0 Å². The van der Waals surface area contributed by atoms with Crippen LogP contribution in [0, 0.1) is 5.41 Å². The molecule has 1 aliphatic heterocycles. The van der Waals surface area contributed by atoms with Crippen LogP contribution in [-0.4, -0.2) is 47.2 Å². The number of phenolic OH excluding ortho intramolecular Hbond substituents is 1. The van der Waals surface area contributed by atoms with Crippen molar-refractivity contribution >= 4 is 12.0 Å². The van der Waals surface area contributed by atoms with Gasteiger partial charge in [0.15, 0.2) is 0 Å². The quantitative estimate of drug-likeness (QED) is 0.532. The summed E-state index contributed by atoms with van der Waals surface area (Å²) in [6.45, 7) is 3.73. The van der Waals surface area contributed by atoms with Crippen molar-refractivity contribution in [3.63, 3.8) is 0 Å². The zero-order valence-corrected chi connectivity index (χ0v) is 14.6. The minimum Gasteiger partial charge on any atom is -0.507 e. The summed E-state index contributed by atoms with van der Waals surface area (Å²) in [5, 5.41) is 30.2. The van der Waals surface area contributed by atoms with Gasteiger partial charge < -0.3 is 24.8 Å². The molecule has 0 aromatic heterocycles. The molecule has 1 aromatic carbocycles.